The summed E-state index contributed by atoms with van der Waals surface area (Å²) in [4.78, 5) is 0. The zero-order valence-corrected chi connectivity index (χ0v) is 26.7. The molecule has 0 saturated carbocycles. The zero-order chi connectivity index (χ0) is 30.9. The van der Waals surface area contributed by atoms with E-state index in [1.807, 2.05) is 0 Å². The Bertz CT molecular complexity index is 1990. The lowest BCUT2D eigenvalue weighted by molar-refractivity contribution is 0.703. The molecule has 0 N–H and O–H groups in total. The Labute approximate surface area is 317 Å². The number of fused-ring (bicyclic) bond motifs is 4. The van der Waals surface area contributed by atoms with E-state index in [1.165, 1.54) is 77.9 Å². The van der Waals surface area contributed by atoms with E-state index >= 15 is 0 Å². The molecule has 52 heavy (non-hydrogen) atoms. The van der Waals surface area contributed by atoms with Crippen LogP contribution in [0.2, 0.25) is 0 Å². The minimum absolute atomic E-state index is 0. The van der Waals surface area contributed by atoms with Crippen molar-refractivity contribution < 1.29 is 0 Å². The molecular weight excluding hydrogens is 625 g/mol. The minimum Gasteiger partial charge on any atom is -0.0839 e. The Hall–Kier alpha value is -4.94. The maximum absolute atomic E-state index is 2.41. The lowest BCUT2D eigenvalue weighted by Gasteiger charge is -2.30. The van der Waals surface area contributed by atoms with E-state index in [2.05, 4.69) is 159 Å². The first-order valence-corrected chi connectivity index (χ1v) is 16.9. The van der Waals surface area contributed by atoms with Gasteiger partial charge in [0.15, 0.2) is 0 Å². The summed E-state index contributed by atoms with van der Waals surface area (Å²) in [6.07, 6.45) is 14.0. The number of benzene rings is 5. The molecule has 0 fully saturated rings. The summed E-state index contributed by atoms with van der Waals surface area (Å²) in [7, 11) is 0. The molecule has 0 nitrogen and oxygen atoms in total. The third-order valence-electron chi connectivity index (χ3n) is 11.5. The van der Waals surface area contributed by atoms with Gasteiger partial charge in [0.05, 0.1) is 0 Å². The molecule has 0 heteroatoms. The van der Waals surface area contributed by atoms with Crippen LogP contribution in [0.25, 0.3) is 33.4 Å². The van der Waals surface area contributed by atoms with Crippen LogP contribution in [0.5, 0.6) is 0 Å². The quantitative estimate of drug-likeness (QED) is 0.177. The molecule has 270 valence electrons. The van der Waals surface area contributed by atoms with Crippen molar-refractivity contribution in [2.45, 2.75) is 94.9 Å². The average molecular weight is 687 g/mol. The van der Waals surface area contributed by atoms with Gasteiger partial charge >= 0.3 is 0 Å². The second-order valence-corrected chi connectivity index (χ2v) is 13.7. The van der Waals surface area contributed by atoms with Gasteiger partial charge in [-0.15, -0.1) is 0 Å². The van der Waals surface area contributed by atoms with Crippen molar-refractivity contribution in [2.24, 2.45) is 0 Å². The molecular formula is C52H62. The van der Waals surface area contributed by atoms with Gasteiger partial charge in [0, 0.05) is 10.8 Å². The summed E-state index contributed by atoms with van der Waals surface area (Å²) in [5.41, 5.74) is 19.2. The largest absolute Gasteiger partial charge is 0.0839 e. The predicted molar refractivity (Wildman–Crippen MR) is 234 cm³/mol. The van der Waals surface area contributed by atoms with Crippen molar-refractivity contribution in [3.8, 4) is 22.3 Å². The SMILES string of the molecule is C.C.C.C.C.C.CC1(c2ccc(-c3cccc(-c4ccc(C5(C)C6=C(CCC=C6)c6ccccc65)cc4)c3)cc2)C2=C(CCC=C2)c2ccccc21. The molecule has 4 aliphatic rings. The molecule has 0 aromatic heterocycles. The van der Waals surface area contributed by atoms with Crippen molar-refractivity contribution in [3.05, 3.63) is 190 Å². The minimum atomic E-state index is -0.119. The van der Waals surface area contributed by atoms with Crippen molar-refractivity contribution in [2.75, 3.05) is 0 Å². The van der Waals surface area contributed by atoms with E-state index in [0.717, 1.165) is 25.7 Å². The van der Waals surface area contributed by atoms with Gasteiger partial charge in [-0.25, -0.2) is 0 Å². The van der Waals surface area contributed by atoms with Crippen LogP contribution < -0.4 is 0 Å². The molecule has 9 rings (SSSR count). The topological polar surface area (TPSA) is 0 Å². The molecule has 5 aromatic carbocycles. The molecule has 4 aliphatic carbocycles. The lowest BCUT2D eigenvalue weighted by Crippen LogP contribution is -2.23. The van der Waals surface area contributed by atoms with Gasteiger partial charge in [-0.1, -0.05) is 184 Å². The third kappa shape index (κ3) is 5.97. The summed E-state index contributed by atoms with van der Waals surface area (Å²) in [5.74, 6) is 0. The molecule has 5 aromatic rings. The second kappa shape index (κ2) is 15.7. The standard InChI is InChI=1S/C46H38.6CH4/c1-45(41-18-7-3-14-37(41)38-15-4-8-19-42(38)45)35-26-22-31(23-27-35)33-12-11-13-34(30-33)32-24-28-36(29-25-32)46(2)43-20-9-5-16-39(43)40-17-6-10-21-44(40)46;;;;;;/h3,5,7-14,16,18-30H,4,6,15,17H2,1-2H3;6*1H4. The first kappa shape index (κ1) is 41.5. The number of allylic oxidation sites excluding steroid dienone is 8. The van der Waals surface area contributed by atoms with Gasteiger partial charge in [0.1, 0.15) is 0 Å². The zero-order valence-electron chi connectivity index (χ0n) is 26.7. The second-order valence-electron chi connectivity index (χ2n) is 13.7. The predicted octanol–water partition coefficient (Wildman–Crippen LogP) is 15.7. The van der Waals surface area contributed by atoms with Crippen molar-refractivity contribution >= 4 is 11.1 Å². The molecule has 0 radical (unpaired) electrons. The monoisotopic (exact) mass is 686 g/mol. The fourth-order valence-electron chi connectivity index (χ4n) is 8.97. The summed E-state index contributed by atoms with van der Waals surface area (Å²) in [6, 6.07) is 45.8. The highest BCUT2D eigenvalue weighted by atomic mass is 14.5. The molecule has 0 aliphatic heterocycles. The Morgan fingerprint density at radius 1 is 0.404 bits per heavy atom. The highest BCUT2D eigenvalue weighted by molar-refractivity contribution is 5.87. The number of hydrogen-bond acceptors (Lipinski definition) is 0. The van der Waals surface area contributed by atoms with Crippen LogP contribution in [0, 0.1) is 0 Å². The van der Waals surface area contributed by atoms with Gasteiger partial charge in [0.2, 0.25) is 0 Å². The van der Waals surface area contributed by atoms with Gasteiger partial charge in [-0.2, -0.15) is 0 Å². The Morgan fingerprint density at radius 2 is 0.788 bits per heavy atom. The van der Waals surface area contributed by atoms with Gasteiger partial charge in [0.25, 0.3) is 0 Å². The molecule has 0 amide bonds. The van der Waals surface area contributed by atoms with E-state index < -0.39 is 0 Å². The first-order valence-electron chi connectivity index (χ1n) is 16.9. The molecule has 0 spiro atoms. The van der Waals surface area contributed by atoms with Crippen LogP contribution >= 0.6 is 0 Å². The summed E-state index contributed by atoms with van der Waals surface area (Å²) in [5, 5.41) is 0. The Morgan fingerprint density at radius 3 is 1.19 bits per heavy atom. The fourth-order valence-corrected chi connectivity index (χ4v) is 8.97. The summed E-state index contributed by atoms with van der Waals surface area (Å²) < 4.78 is 0. The van der Waals surface area contributed by atoms with Crippen molar-refractivity contribution in [1.82, 2.24) is 0 Å². The first-order chi connectivity index (χ1) is 22.6. The van der Waals surface area contributed by atoms with Crippen LogP contribution in [0.3, 0.4) is 0 Å². The van der Waals surface area contributed by atoms with E-state index in [9.17, 15) is 0 Å². The Kier molecular flexibility index (Phi) is 12.6. The highest BCUT2D eigenvalue weighted by Crippen LogP contribution is 2.54. The number of rotatable bonds is 4. The van der Waals surface area contributed by atoms with Crippen LogP contribution in [0.4, 0.5) is 0 Å². The van der Waals surface area contributed by atoms with E-state index in [-0.39, 0.29) is 55.4 Å². The lowest BCUT2D eigenvalue weighted by atomic mass is 9.72. The summed E-state index contributed by atoms with van der Waals surface area (Å²) in [6.45, 7) is 4.82. The van der Waals surface area contributed by atoms with Crippen molar-refractivity contribution in [1.29, 1.82) is 0 Å². The van der Waals surface area contributed by atoms with Gasteiger partial charge < -0.3 is 0 Å². The molecule has 0 heterocycles. The molecule has 2 atom stereocenters. The van der Waals surface area contributed by atoms with Gasteiger partial charge in [-0.05, 0) is 124 Å². The van der Waals surface area contributed by atoms with Crippen molar-refractivity contribution in [3.63, 3.8) is 0 Å². The van der Waals surface area contributed by atoms with Crippen LogP contribution in [0.1, 0.15) is 117 Å². The smallest absolute Gasteiger partial charge is 0.0432 e. The highest BCUT2D eigenvalue weighted by Gasteiger charge is 2.43. The summed E-state index contributed by atoms with van der Waals surface area (Å²) >= 11 is 0. The number of hydrogen-bond donors (Lipinski definition) is 0. The van der Waals surface area contributed by atoms with Crippen LogP contribution in [0.15, 0.2) is 157 Å². The van der Waals surface area contributed by atoms with Crippen LogP contribution in [-0.2, 0) is 10.8 Å². The van der Waals surface area contributed by atoms with Gasteiger partial charge in [-0.3, -0.25) is 0 Å². The van der Waals surface area contributed by atoms with E-state index in [0.29, 0.717) is 0 Å². The van der Waals surface area contributed by atoms with E-state index in [1.54, 1.807) is 0 Å². The maximum Gasteiger partial charge on any atom is 0.0432 e. The molecule has 0 saturated heterocycles. The fraction of sp³-hybridized carbons (Fsp3) is 0.269. The molecule has 2 unspecified atom stereocenters. The van der Waals surface area contributed by atoms with Crippen LogP contribution in [-0.4, -0.2) is 0 Å². The molecule has 0 bridgehead atoms. The average Bonchev–Trinajstić information content (AvgIpc) is 3.56. The third-order valence-corrected chi connectivity index (χ3v) is 11.5. The maximum atomic E-state index is 2.41. The van der Waals surface area contributed by atoms with E-state index in [4.69, 9.17) is 0 Å². The Balaban J connectivity index is 0.00000121. The normalized spacial score (nSPS) is 19.9.